The van der Waals surface area contributed by atoms with Gasteiger partial charge in [-0.3, -0.25) is 9.36 Å². The Balaban J connectivity index is 2.19. The molecule has 3 rings (SSSR count). The first kappa shape index (κ1) is 14.2. The molecule has 6 heteroatoms. The molecule has 3 aromatic rings. The molecule has 0 amide bonds. The number of aromatic nitrogens is 3. The van der Waals surface area contributed by atoms with E-state index in [0.717, 1.165) is 11.3 Å². The summed E-state index contributed by atoms with van der Waals surface area (Å²) in [5, 5.41) is 1.65. The highest BCUT2D eigenvalue weighted by atomic mass is 35.5. The van der Waals surface area contributed by atoms with Crippen LogP contribution >= 0.6 is 23.2 Å². The number of nitrogens with one attached hydrogen (secondary N) is 1. The molecule has 0 atom stereocenters. The second-order valence-electron chi connectivity index (χ2n) is 4.97. The number of H-pyrrole nitrogens is 1. The van der Waals surface area contributed by atoms with E-state index >= 15 is 0 Å². The van der Waals surface area contributed by atoms with E-state index in [2.05, 4.69) is 9.97 Å². The van der Waals surface area contributed by atoms with Crippen LogP contribution < -0.4 is 5.56 Å². The Hall–Kier alpha value is -1.78. The van der Waals surface area contributed by atoms with Crippen molar-refractivity contribution < 1.29 is 0 Å². The van der Waals surface area contributed by atoms with Gasteiger partial charge in [-0.15, -0.1) is 0 Å². The summed E-state index contributed by atoms with van der Waals surface area (Å²) in [4.78, 5) is 20.1. The number of halogens is 2. The molecule has 2 heterocycles. The van der Waals surface area contributed by atoms with Crippen LogP contribution in [0.1, 0.15) is 17.1 Å². The predicted octanol–water partition coefficient (Wildman–Crippen LogP) is 3.70. The maximum absolute atomic E-state index is 12.6. The fourth-order valence-electron chi connectivity index (χ4n) is 2.37. The predicted molar refractivity (Wildman–Crippen MR) is 85.4 cm³/mol. The van der Waals surface area contributed by atoms with Gasteiger partial charge >= 0.3 is 0 Å². The van der Waals surface area contributed by atoms with E-state index < -0.39 is 0 Å². The summed E-state index contributed by atoms with van der Waals surface area (Å²) < 4.78 is 1.59. The Bertz CT molecular complexity index is 876. The first-order valence-electron chi connectivity index (χ1n) is 6.47. The molecule has 21 heavy (non-hydrogen) atoms. The maximum Gasteiger partial charge on any atom is 0.263 e. The molecular formula is C15H13Cl2N3O. The number of hydrogen-bond acceptors (Lipinski definition) is 2. The number of hydrogen-bond donors (Lipinski definition) is 1. The minimum atomic E-state index is -0.0992. The molecular weight excluding hydrogens is 309 g/mol. The van der Waals surface area contributed by atoms with Gasteiger partial charge in [0, 0.05) is 21.3 Å². The molecule has 0 aliphatic heterocycles. The number of aryl methyl sites for hydroxylation is 2. The van der Waals surface area contributed by atoms with Gasteiger partial charge in [0.2, 0.25) is 0 Å². The molecule has 0 fully saturated rings. The summed E-state index contributed by atoms with van der Waals surface area (Å²) in [5.41, 5.74) is 2.14. The Morgan fingerprint density at radius 1 is 1.24 bits per heavy atom. The third-order valence-corrected chi connectivity index (χ3v) is 4.16. The summed E-state index contributed by atoms with van der Waals surface area (Å²) in [5.74, 6) is 0.616. The van der Waals surface area contributed by atoms with Crippen molar-refractivity contribution in [1.29, 1.82) is 0 Å². The van der Waals surface area contributed by atoms with Crippen molar-refractivity contribution in [1.82, 2.24) is 14.5 Å². The van der Waals surface area contributed by atoms with Gasteiger partial charge in [0.25, 0.3) is 5.56 Å². The normalized spacial score (nSPS) is 11.2. The highest BCUT2D eigenvalue weighted by Crippen LogP contribution is 2.25. The minimum absolute atomic E-state index is 0.0992. The van der Waals surface area contributed by atoms with Crippen LogP contribution in [0, 0.1) is 13.8 Å². The number of fused-ring (bicyclic) bond motifs is 1. The van der Waals surface area contributed by atoms with Gasteiger partial charge in [-0.1, -0.05) is 29.3 Å². The lowest BCUT2D eigenvalue weighted by molar-refractivity contribution is 0.712. The van der Waals surface area contributed by atoms with Gasteiger partial charge < -0.3 is 4.98 Å². The van der Waals surface area contributed by atoms with Gasteiger partial charge in [-0.2, -0.15) is 0 Å². The van der Waals surface area contributed by atoms with Crippen molar-refractivity contribution in [3.05, 3.63) is 61.7 Å². The lowest BCUT2D eigenvalue weighted by Crippen LogP contribution is -2.24. The molecule has 0 spiro atoms. The zero-order chi connectivity index (χ0) is 15.1. The second kappa shape index (κ2) is 5.20. The molecule has 0 aliphatic carbocycles. The van der Waals surface area contributed by atoms with Gasteiger partial charge in [0.05, 0.1) is 11.9 Å². The molecule has 0 unspecified atom stereocenters. The average Bonchev–Trinajstić information content (AvgIpc) is 2.78. The summed E-state index contributed by atoms with van der Waals surface area (Å²) >= 11 is 12.4. The molecule has 0 bridgehead atoms. The summed E-state index contributed by atoms with van der Waals surface area (Å²) in [6.07, 6.45) is 0. The Morgan fingerprint density at radius 2 is 1.90 bits per heavy atom. The van der Waals surface area contributed by atoms with Crippen LogP contribution in [-0.2, 0) is 6.54 Å². The molecule has 0 saturated heterocycles. The van der Waals surface area contributed by atoms with Crippen LogP contribution in [0.5, 0.6) is 0 Å². The van der Waals surface area contributed by atoms with Gasteiger partial charge in [-0.05, 0) is 32.0 Å². The van der Waals surface area contributed by atoms with Crippen molar-refractivity contribution in [3.8, 4) is 0 Å². The van der Waals surface area contributed by atoms with E-state index in [1.54, 1.807) is 35.8 Å². The monoisotopic (exact) mass is 321 g/mol. The Kier molecular flexibility index (Phi) is 3.51. The number of benzene rings is 1. The Morgan fingerprint density at radius 3 is 2.57 bits per heavy atom. The van der Waals surface area contributed by atoms with Crippen LogP contribution in [-0.4, -0.2) is 14.5 Å². The molecule has 0 aliphatic rings. The Labute approximate surface area is 131 Å². The molecule has 2 aromatic heterocycles. The minimum Gasteiger partial charge on any atom is -0.343 e. The van der Waals surface area contributed by atoms with Crippen LogP contribution in [0.2, 0.25) is 10.0 Å². The summed E-state index contributed by atoms with van der Waals surface area (Å²) in [6.45, 7) is 3.99. The topological polar surface area (TPSA) is 50.7 Å². The van der Waals surface area contributed by atoms with E-state index in [-0.39, 0.29) is 5.56 Å². The lowest BCUT2D eigenvalue weighted by Gasteiger charge is -2.12. The zero-order valence-corrected chi connectivity index (χ0v) is 13.1. The van der Waals surface area contributed by atoms with E-state index in [0.29, 0.717) is 33.4 Å². The molecule has 0 saturated carbocycles. The first-order chi connectivity index (χ1) is 9.97. The zero-order valence-electron chi connectivity index (χ0n) is 11.6. The summed E-state index contributed by atoms with van der Waals surface area (Å²) in [6, 6.07) is 7.10. The van der Waals surface area contributed by atoms with Crippen LogP contribution in [0.25, 0.3) is 11.0 Å². The molecule has 0 radical (unpaired) electrons. The van der Waals surface area contributed by atoms with Crippen molar-refractivity contribution >= 4 is 34.2 Å². The van der Waals surface area contributed by atoms with Gasteiger partial charge in [-0.25, -0.2) is 4.98 Å². The standard InChI is InChI=1S/C15H13Cl2N3O/c1-8-6-10-14(18-8)19-9(2)20(15(10)21)7-11-12(16)4-3-5-13(11)17/h3-6,18H,7H2,1-2H3. The van der Waals surface area contributed by atoms with E-state index in [4.69, 9.17) is 23.2 Å². The van der Waals surface area contributed by atoms with Crippen LogP contribution in [0.15, 0.2) is 29.1 Å². The molecule has 1 N–H and O–H groups in total. The smallest absolute Gasteiger partial charge is 0.263 e. The largest absolute Gasteiger partial charge is 0.343 e. The van der Waals surface area contributed by atoms with E-state index in [1.807, 2.05) is 6.92 Å². The quantitative estimate of drug-likeness (QED) is 0.782. The van der Waals surface area contributed by atoms with E-state index in [1.165, 1.54) is 0 Å². The molecule has 4 nitrogen and oxygen atoms in total. The van der Waals surface area contributed by atoms with Crippen molar-refractivity contribution in [2.75, 3.05) is 0 Å². The average molecular weight is 322 g/mol. The fourth-order valence-corrected chi connectivity index (χ4v) is 2.89. The summed E-state index contributed by atoms with van der Waals surface area (Å²) in [7, 11) is 0. The van der Waals surface area contributed by atoms with Gasteiger partial charge in [0.15, 0.2) is 0 Å². The third kappa shape index (κ3) is 2.45. The first-order valence-corrected chi connectivity index (χ1v) is 7.22. The maximum atomic E-state index is 12.6. The van der Waals surface area contributed by atoms with Crippen LogP contribution in [0.3, 0.4) is 0 Å². The van der Waals surface area contributed by atoms with Gasteiger partial charge in [0.1, 0.15) is 11.5 Å². The van der Waals surface area contributed by atoms with Crippen LogP contribution in [0.4, 0.5) is 0 Å². The fraction of sp³-hybridized carbons (Fsp3) is 0.200. The lowest BCUT2D eigenvalue weighted by atomic mass is 10.2. The molecule has 1 aromatic carbocycles. The highest BCUT2D eigenvalue weighted by Gasteiger charge is 2.13. The van der Waals surface area contributed by atoms with Crippen molar-refractivity contribution in [2.24, 2.45) is 0 Å². The molecule has 108 valence electrons. The third-order valence-electron chi connectivity index (χ3n) is 3.45. The SMILES string of the molecule is Cc1cc2c(=O)n(Cc3c(Cl)cccc3Cl)c(C)nc2[nH]1. The highest BCUT2D eigenvalue weighted by molar-refractivity contribution is 6.35. The van der Waals surface area contributed by atoms with Crippen molar-refractivity contribution in [3.63, 3.8) is 0 Å². The number of nitrogens with zero attached hydrogens (tertiary/aromatic N) is 2. The van der Waals surface area contributed by atoms with Crippen molar-refractivity contribution in [2.45, 2.75) is 20.4 Å². The van der Waals surface area contributed by atoms with E-state index in [9.17, 15) is 4.79 Å². The number of aromatic amines is 1. The number of rotatable bonds is 2. The second-order valence-corrected chi connectivity index (χ2v) is 5.78.